The smallest absolute Gasteiger partial charge is 0.410 e. The summed E-state index contributed by atoms with van der Waals surface area (Å²) in [5.41, 5.74) is 6.20. The van der Waals surface area contributed by atoms with Gasteiger partial charge in [-0.15, -0.1) is 0 Å². The van der Waals surface area contributed by atoms with Crippen molar-refractivity contribution in [2.24, 2.45) is 0 Å². The van der Waals surface area contributed by atoms with Crippen molar-refractivity contribution in [1.82, 2.24) is 29.2 Å². The summed E-state index contributed by atoms with van der Waals surface area (Å²) in [6.07, 6.45) is 8.35. The van der Waals surface area contributed by atoms with Crippen LogP contribution in [0.2, 0.25) is 25.7 Å². The van der Waals surface area contributed by atoms with Crippen LogP contribution in [0.25, 0.3) is 33.5 Å². The highest BCUT2D eigenvalue weighted by atomic mass is 28.3. The zero-order valence-corrected chi connectivity index (χ0v) is 30.0. The van der Waals surface area contributed by atoms with Crippen LogP contribution in [0.4, 0.5) is 4.79 Å². The summed E-state index contributed by atoms with van der Waals surface area (Å²) in [6, 6.07) is 7.54. The van der Waals surface area contributed by atoms with Crippen molar-refractivity contribution in [3.8, 4) is 22.6 Å². The van der Waals surface area contributed by atoms with E-state index in [1.165, 1.54) is 0 Å². The number of rotatable bonds is 10. The molecule has 0 aliphatic carbocycles. The van der Waals surface area contributed by atoms with Crippen LogP contribution in [0.1, 0.15) is 63.1 Å². The van der Waals surface area contributed by atoms with Gasteiger partial charge in [0.25, 0.3) is 0 Å². The van der Waals surface area contributed by atoms with E-state index in [0.29, 0.717) is 13.3 Å². The minimum absolute atomic E-state index is 0.122. The average Bonchev–Trinajstić information content (AvgIpc) is 3.55. The van der Waals surface area contributed by atoms with Crippen molar-refractivity contribution < 1.29 is 19.0 Å². The van der Waals surface area contributed by atoms with Gasteiger partial charge in [-0.25, -0.2) is 14.5 Å². The topological polar surface area (TPSA) is 96.5 Å². The first-order chi connectivity index (χ1) is 21.7. The normalized spacial score (nSPS) is 15.8. The van der Waals surface area contributed by atoms with Crippen LogP contribution in [-0.4, -0.2) is 69.2 Å². The maximum Gasteiger partial charge on any atom is 0.410 e. The van der Waals surface area contributed by atoms with E-state index in [-0.39, 0.29) is 12.3 Å². The molecular formula is C35H50N6O4Si. The Balaban J connectivity index is 1.53. The molecule has 0 spiro atoms. The molecular weight excluding hydrogens is 597 g/mol. The molecule has 1 amide bonds. The summed E-state index contributed by atoms with van der Waals surface area (Å²) < 4.78 is 22.0. The zero-order chi connectivity index (χ0) is 33.2. The molecule has 248 valence electrons. The Morgan fingerprint density at radius 3 is 2.63 bits per heavy atom. The molecule has 46 heavy (non-hydrogen) atoms. The first-order valence-corrected chi connectivity index (χ1v) is 20.0. The number of amides is 1. The average molecular weight is 647 g/mol. The maximum atomic E-state index is 12.7. The second-order valence-electron chi connectivity index (χ2n) is 14.7. The van der Waals surface area contributed by atoms with Gasteiger partial charge in [-0.2, -0.15) is 5.10 Å². The first kappa shape index (κ1) is 33.8. The molecule has 1 saturated heterocycles. The maximum absolute atomic E-state index is 12.7. The number of carbonyl (C=O) groups excluding carboxylic acids is 1. The lowest BCUT2D eigenvalue weighted by atomic mass is 9.97. The van der Waals surface area contributed by atoms with Crippen LogP contribution in [0.3, 0.4) is 0 Å². The van der Waals surface area contributed by atoms with Gasteiger partial charge in [-0.05, 0) is 88.7 Å². The molecule has 1 atom stereocenters. The first-order valence-electron chi connectivity index (χ1n) is 16.3. The van der Waals surface area contributed by atoms with Crippen LogP contribution in [0.15, 0.2) is 36.8 Å². The number of hydrogen-bond acceptors (Lipinski definition) is 7. The zero-order valence-electron chi connectivity index (χ0n) is 29.0. The number of hydrogen-bond donors (Lipinski definition) is 0. The Bertz CT molecular complexity index is 1680. The van der Waals surface area contributed by atoms with E-state index in [2.05, 4.69) is 54.3 Å². The van der Waals surface area contributed by atoms with Crippen molar-refractivity contribution in [2.45, 2.75) is 105 Å². The molecule has 4 heterocycles. The highest BCUT2D eigenvalue weighted by Crippen LogP contribution is 2.36. The number of benzene rings is 1. The van der Waals surface area contributed by atoms with Gasteiger partial charge in [0.15, 0.2) is 12.1 Å². The van der Waals surface area contributed by atoms with E-state index in [9.17, 15) is 4.79 Å². The molecule has 10 nitrogen and oxygen atoms in total. The summed E-state index contributed by atoms with van der Waals surface area (Å²) in [7, 11) is 0.547. The van der Waals surface area contributed by atoms with Gasteiger partial charge in [-0.3, -0.25) is 4.98 Å². The molecule has 1 aromatic carbocycles. The standard InChI is InChI=1S/C35H50N6O4Si/c1-24-21-40(23-43-16-17-46(7,8)9)33(37-24)32-28-18-26(13-14-30(28)41(38-32)31-12-10-11-15-44-31)29-20-36-19-27(25(29)2)22-39(6)34(42)45-35(3,4)5/h13-14,18-21,31H,10-12,15-17,22-23H2,1-9H3. The molecule has 4 aromatic rings. The number of fused-ring (bicyclic) bond motifs is 1. The number of carbonyl (C=O) groups is 1. The fourth-order valence-electron chi connectivity index (χ4n) is 5.66. The van der Waals surface area contributed by atoms with Crippen molar-refractivity contribution in [3.63, 3.8) is 0 Å². The predicted octanol–water partition coefficient (Wildman–Crippen LogP) is 7.96. The number of aryl methyl sites for hydroxylation is 1. The van der Waals surface area contributed by atoms with Gasteiger partial charge in [0.05, 0.1) is 17.8 Å². The van der Waals surface area contributed by atoms with Gasteiger partial charge >= 0.3 is 6.09 Å². The molecule has 0 N–H and O–H groups in total. The Hall–Kier alpha value is -3.54. The highest BCUT2D eigenvalue weighted by Gasteiger charge is 2.25. The molecule has 0 radical (unpaired) electrons. The molecule has 5 rings (SSSR count). The lowest BCUT2D eigenvalue weighted by Crippen LogP contribution is -2.34. The largest absolute Gasteiger partial charge is 0.444 e. The second-order valence-corrected chi connectivity index (χ2v) is 20.3. The number of imidazole rings is 1. The quantitative estimate of drug-likeness (QED) is 0.127. The summed E-state index contributed by atoms with van der Waals surface area (Å²) in [6.45, 7) is 19.0. The molecule has 0 saturated carbocycles. The summed E-state index contributed by atoms with van der Waals surface area (Å²) in [5, 5.41) is 6.17. The molecule has 1 fully saturated rings. The van der Waals surface area contributed by atoms with Crippen molar-refractivity contribution in [2.75, 3.05) is 20.3 Å². The summed E-state index contributed by atoms with van der Waals surface area (Å²) in [4.78, 5) is 23.8. The second kappa shape index (κ2) is 13.7. The van der Waals surface area contributed by atoms with Crippen molar-refractivity contribution in [3.05, 3.63) is 53.6 Å². The number of ether oxygens (including phenoxy) is 3. The van der Waals surface area contributed by atoms with Crippen LogP contribution in [0, 0.1) is 13.8 Å². The fraction of sp³-hybridized carbons (Fsp3) is 0.543. The van der Waals surface area contributed by atoms with Crippen LogP contribution < -0.4 is 0 Å². The van der Waals surface area contributed by atoms with Crippen molar-refractivity contribution >= 4 is 25.1 Å². The van der Waals surface area contributed by atoms with E-state index in [4.69, 9.17) is 24.3 Å². The lowest BCUT2D eigenvalue weighted by Gasteiger charge is -2.25. The van der Waals surface area contributed by atoms with Gasteiger partial charge in [0.2, 0.25) is 0 Å². The molecule has 0 bridgehead atoms. The third kappa shape index (κ3) is 8.05. The van der Waals surface area contributed by atoms with Gasteiger partial charge in [-0.1, -0.05) is 25.7 Å². The van der Waals surface area contributed by atoms with Gasteiger partial charge in [0, 0.05) is 57.9 Å². The number of pyridine rings is 1. The highest BCUT2D eigenvalue weighted by molar-refractivity contribution is 6.76. The third-order valence-corrected chi connectivity index (χ3v) is 9.92. The van der Waals surface area contributed by atoms with Crippen LogP contribution >= 0.6 is 0 Å². The molecule has 1 unspecified atom stereocenters. The fourth-order valence-corrected chi connectivity index (χ4v) is 6.42. The Labute approximate surface area is 274 Å². The number of nitrogens with zero attached hydrogens (tertiary/aromatic N) is 6. The van der Waals surface area contributed by atoms with E-state index in [1.807, 2.05) is 51.0 Å². The minimum atomic E-state index is -1.20. The van der Waals surface area contributed by atoms with E-state index >= 15 is 0 Å². The monoisotopic (exact) mass is 646 g/mol. The Morgan fingerprint density at radius 2 is 1.93 bits per heavy atom. The molecule has 1 aliphatic heterocycles. The Kier molecular flexibility index (Phi) is 10.0. The molecule has 1 aliphatic rings. The summed E-state index contributed by atoms with van der Waals surface area (Å²) >= 11 is 0. The van der Waals surface area contributed by atoms with E-state index < -0.39 is 13.7 Å². The van der Waals surface area contributed by atoms with Gasteiger partial charge < -0.3 is 23.7 Å². The van der Waals surface area contributed by atoms with Gasteiger partial charge in [0.1, 0.15) is 18.0 Å². The molecule has 3 aromatic heterocycles. The van der Waals surface area contributed by atoms with E-state index in [1.54, 1.807) is 11.9 Å². The Morgan fingerprint density at radius 1 is 1.15 bits per heavy atom. The predicted molar refractivity (Wildman–Crippen MR) is 184 cm³/mol. The SMILES string of the molecule is Cc1cn(COCC[Si](C)(C)C)c(-c2nn(C3CCCCO3)c3ccc(-c4cncc(CN(C)C(=O)OC(C)(C)C)c4C)cc23)n1. The number of aromatic nitrogens is 5. The summed E-state index contributed by atoms with van der Waals surface area (Å²) in [5.74, 6) is 0.782. The molecule has 11 heteroatoms. The minimum Gasteiger partial charge on any atom is -0.444 e. The lowest BCUT2D eigenvalue weighted by molar-refractivity contribution is -0.0365. The van der Waals surface area contributed by atoms with E-state index in [0.717, 1.165) is 88.9 Å². The van der Waals surface area contributed by atoms with Crippen LogP contribution in [-0.2, 0) is 27.5 Å². The third-order valence-electron chi connectivity index (χ3n) is 8.21. The van der Waals surface area contributed by atoms with Crippen molar-refractivity contribution in [1.29, 1.82) is 0 Å². The van der Waals surface area contributed by atoms with Crippen LogP contribution in [0.5, 0.6) is 0 Å².